The quantitative estimate of drug-likeness (QED) is 0.768. The van der Waals surface area contributed by atoms with Crippen molar-refractivity contribution in [3.05, 3.63) is 65.4 Å². The van der Waals surface area contributed by atoms with E-state index in [2.05, 4.69) is 0 Å². The van der Waals surface area contributed by atoms with Crippen LogP contribution in [0.25, 0.3) is 11.1 Å². The number of benzene rings is 2. The Balaban J connectivity index is 2.11. The first-order valence-corrected chi connectivity index (χ1v) is 8.65. The van der Waals surface area contributed by atoms with Crippen molar-refractivity contribution in [2.75, 3.05) is 32.5 Å². The van der Waals surface area contributed by atoms with Gasteiger partial charge in [0.05, 0.1) is 32.0 Å². The van der Waals surface area contributed by atoms with Gasteiger partial charge in [-0.1, -0.05) is 30.3 Å². The van der Waals surface area contributed by atoms with E-state index in [9.17, 15) is 19.5 Å². The van der Waals surface area contributed by atoms with Gasteiger partial charge in [0.15, 0.2) is 0 Å². The molecular formula is C21H19NO7. The van der Waals surface area contributed by atoms with Crippen LogP contribution in [0, 0.1) is 0 Å². The van der Waals surface area contributed by atoms with Gasteiger partial charge in [-0.15, -0.1) is 0 Å². The number of nitrogens with zero attached hydrogens (tertiary/aromatic N) is 1. The Morgan fingerprint density at radius 3 is 2.41 bits per heavy atom. The molecule has 2 aromatic rings. The van der Waals surface area contributed by atoms with Crippen molar-refractivity contribution in [2.24, 2.45) is 0 Å². The van der Waals surface area contributed by atoms with Crippen LogP contribution < -0.4 is 4.90 Å². The number of carbonyl (C=O) groups excluding carboxylic acids is 2. The highest BCUT2D eigenvalue weighted by molar-refractivity contribution is 6.03. The molecule has 2 aromatic carbocycles. The fraction of sp³-hybridized carbons (Fsp3) is 0.190. The number of esters is 2. The highest BCUT2D eigenvalue weighted by Gasteiger charge is 2.32. The number of anilines is 1. The van der Waals surface area contributed by atoms with Gasteiger partial charge in [0, 0.05) is 5.69 Å². The lowest BCUT2D eigenvalue weighted by Crippen LogP contribution is -2.38. The molecule has 1 aliphatic heterocycles. The van der Waals surface area contributed by atoms with Crippen LogP contribution in [0.15, 0.2) is 59.8 Å². The molecule has 0 saturated carbocycles. The van der Waals surface area contributed by atoms with E-state index in [4.69, 9.17) is 14.2 Å². The van der Waals surface area contributed by atoms with Gasteiger partial charge < -0.3 is 24.2 Å². The van der Waals surface area contributed by atoms with Gasteiger partial charge in [0.1, 0.15) is 12.4 Å². The molecule has 0 aromatic heterocycles. The molecule has 0 aliphatic carbocycles. The first-order valence-electron chi connectivity index (χ1n) is 8.65. The first kappa shape index (κ1) is 20.1. The van der Waals surface area contributed by atoms with Gasteiger partial charge in [-0.25, -0.2) is 14.4 Å². The van der Waals surface area contributed by atoms with Crippen LogP contribution in [-0.4, -0.2) is 50.6 Å². The van der Waals surface area contributed by atoms with E-state index >= 15 is 0 Å². The minimum atomic E-state index is -1.05. The maximum atomic E-state index is 12.4. The highest BCUT2D eigenvalue weighted by Crippen LogP contribution is 2.31. The van der Waals surface area contributed by atoms with Gasteiger partial charge in [-0.05, 0) is 29.3 Å². The van der Waals surface area contributed by atoms with Crippen LogP contribution in [0.4, 0.5) is 5.69 Å². The van der Waals surface area contributed by atoms with Gasteiger partial charge in [0.25, 0.3) is 0 Å². The van der Waals surface area contributed by atoms with E-state index in [1.165, 1.54) is 25.2 Å². The Kier molecular flexibility index (Phi) is 5.94. The van der Waals surface area contributed by atoms with Gasteiger partial charge in [-0.3, -0.25) is 0 Å². The van der Waals surface area contributed by atoms with Crippen molar-refractivity contribution in [2.45, 2.75) is 0 Å². The molecule has 0 amide bonds. The number of carbonyl (C=O) groups is 3. The number of rotatable bonds is 5. The molecule has 0 bridgehead atoms. The van der Waals surface area contributed by atoms with Gasteiger partial charge in [-0.2, -0.15) is 0 Å². The van der Waals surface area contributed by atoms with Gasteiger partial charge >= 0.3 is 17.9 Å². The number of hydrogen-bond acceptors (Lipinski definition) is 7. The summed E-state index contributed by atoms with van der Waals surface area (Å²) in [6, 6.07) is 13.5. The smallest absolute Gasteiger partial charge is 0.355 e. The molecule has 1 aliphatic rings. The van der Waals surface area contributed by atoms with E-state index in [-0.39, 0.29) is 30.2 Å². The summed E-state index contributed by atoms with van der Waals surface area (Å²) < 4.78 is 15.1. The number of methoxy groups -OCH3 is 2. The summed E-state index contributed by atoms with van der Waals surface area (Å²) >= 11 is 0. The van der Waals surface area contributed by atoms with Crippen LogP contribution in [0.1, 0.15) is 10.4 Å². The minimum absolute atomic E-state index is 0.00889. The average Bonchev–Trinajstić information content (AvgIpc) is 2.77. The third-order valence-electron chi connectivity index (χ3n) is 4.46. The molecule has 3 rings (SSSR count). The van der Waals surface area contributed by atoms with Gasteiger partial charge in [0.2, 0.25) is 0 Å². The summed E-state index contributed by atoms with van der Waals surface area (Å²) in [5.41, 5.74) is 1.91. The van der Waals surface area contributed by atoms with Crippen molar-refractivity contribution in [3.63, 3.8) is 0 Å². The SMILES string of the molecule is COC(=O)C1=C(C(=O)OC)N(c2cccc(-c3ccccc3C(=O)O)c2)COC1. The third-order valence-corrected chi connectivity index (χ3v) is 4.46. The number of aromatic carboxylic acids is 1. The van der Waals surface area contributed by atoms with Crippen molar-refractivity contribution < 1.29 is 33.7 Å². The van der Waals surface area contributed by atoms with Crippen LogP contribution in [0.5, 0.6) is 0 Å². The Hall–Kier alpha value is -3.65. The normalized spacial score (nSPS) is 13.8. The second-order valence-electron chi connectivity index (χ2n) is 6.12. The topological polar surface area (TPSA) is 102 Å². The summed E-state index contributed by atoms with van der Waals surface area (Å²) in [7, 11) is 2.43. The van der Waals surface area contributed by atoms with Crippen LogP contribution in [-0.2, 0) is 23.8 Å². The molecule has 8 heteroatoms. The summed E-state index contributed by atoms with van der Waals surface area (Å²) in [5.74, 6) is -2.44. The summed E-state index contributed by atoms with van der Waals surface area (Å²) in [6.45, 7) is -0.0793. The summed E-state index contributed by atoms with van der Waals surface area (Å²) in [6.07, 6.45) is 0. The molecule has 1 N–H and O–H groups in total. The maximum absolute atomic E-state index is 12.4. The lowest BCUT2D eigenvalue weighted by atomic mass is 9.99. The fourth-order valence-corrected chi connectivity index (χ4v) is 3.11. The molecule has 0 unspecified atom stereocenters. The zero-order chi connectivity index (χ0) is 21.0. The Morgan fingerprint density at radius 1 is 1.00 bits per heavy atom. The van der Waals surface area contributed by atoms with E-state index in [0.717, 1.165) is 0 Å². The molecule has 1 heterocycles. The predicted molar refractivity (Wildman–Crippen MR) is 103 cm³/mol. The van der Waals surface area contributed by atoms with E-state index in [0.29, 0.717) is 16.8 Å². The van der Waals surface area contributed by atoms with Crippen LogP contribution in [0.2, 0.25) is 0 Å². The van der Waals surface area contributed by atoms with Crippen LogP contribution in [0.3, 0.4) is 0 Å². The second kappa shape index (κ2) is 8.57. The monoisotopic (exact) mass is 397 g/mol. The molecule has 0 saturated heterocycles. The van der Waals surface area contributed by atoms with Crippen molar-refractivity contribution in [3.8, 4) is 11.1 Å². The predicted octanol–water partition coefficient (Wildman–Crippen LogP) is 2.45. The molecule has 0 atom stereocenters. The fourth-order valence-electron chi connectivity index (χ4n) is 3.11. The van der Waals surface area contributed by atoms with Crippen LogP contribution >= 0.6 is 0 Å². The number of ether oxygens (including phenoxy) is 3. The zero-order valence-corrected chi connectivity index (χ0v) is 15.9. The molecule has 0 fully saturated rings. The molecule has 8 nitrogen and oxygen atoms in total. The Morgan fingerprint density at radius 2 is 1.72 bits per heavy atom. The molecular weight excluding hydrogens is 378 g/mol. The molecule has 150 valence electrons. The van der Waals surface area contributed by atoms with Crippen molar-refractivity contribution in [1.29, 1.82) is 0 Å². The molecule has 0 spiro atoms. The minimum Gasteiger partial charge on any atom is -0.478 e. The Labute approximate surface area is 166 Å². The number of carboxylic acid groups (broad SMARTS) is 1. The second-order valence-corrected chi connectivity index (χ2v) is 6.12. The molecule has 0 radical (unpaired) electrons. The number of hydrogen-bond donors (Lipinski definition) is 1. The molecule has 29 heavy (non-hydrogen) atoms. The first-order chi connectivity index (χ1) is 14.0. The lowest BCUT2D eigenvalue weighted by Gasteiger charge is -2.31. The zero-order valence-electron chi connectivity index (χ0n) is 15.9. The average molecular weight is 397 g/mol. The van der Waals surface area contributed by atoms with E-state index in [1.54, 1.807) is 42.5 Å². The van der Waals surface area contributed by atoms with E-state index in [1.807, 2.05) is 0 Å². The maximum Gasteiger partial charge on any atom is 0.355 e. The van der Waals surface area contributed by atoms with Crippen molar-refractivity contribution >= 4 is 23.6 Å². The standard InChI is InChI=1S/C21H19NO7/c1-27-20(25)17-11-29-12-22(18(17)21(26)28-2)14-7-5-6-13(10-14)15-8-3-4-9-16(15)19(23)24/h3-10H,11-12H2,1-2H3,(H,23,24). The summed E-state index contributed by atoms with van der Waals surface area (Å²) in [5, 5.41) is 9.46. The Bertz CT molecular complexity index is 996. The van der Waals surface area contributed by atoms with Crippen molar-refractivity contribution in [1.82, 2.24) is 0 Å². The summed E-state index contributed by atoms with van der Waals surface area (Å²) in [4.78, 5) is 37.6. The number of carboxylic acids is 1. The van der Waals surface area contributed by atoms with E-state index < -0.39 is 17.9 Å². The highest BCUT2D eigenvalue weighted by atomic mass is 16.5. The lowest BCUT2D eigenvalue weighted by molar-refractivity contribution is -0.140. The largest absolute Gasteiger partial charge is 0.478 e. The third kappa shape index (κ3) is 3.97.